The van der Waals surface area contributed by atoms with Gasteiger partial charge in [0.05, 0.1) is 0 Å². The van der Waals surface area contributed by atoms with Gasteiger partial charge in [-0.1, -0.05) is 18.0 Å². The van der Waals surface area contributed by atoms with Gasteiger partial charge in [0.15, 0.2) is 5.82 Å². The normalized spacial score (nSPS) is 17.2. The van der Waals surface area contributed by atoms with Crippen LogP contribution in [0, 0.1) is 13.8 Å². The number of nitrogens with zero attached hydrogens (tertiary/aromatic N) is 2. The quantitative estimate of drug-likeness (QED) is 0.878. The third-order valence-corrected chi connectivity index (χ3v) is 3.94. The number of amides is 1. The predicted molar refractivity (Wildman–Crippen MR) is 79.8 cm³/mol. The number of hydrogen-bond acceptors (Lipinski definition) is 5. The van der Waals surface area contributed by atoms with Gasteiger partial charge >= 0.3 is 0 Å². The lowest BCUT2D eigenvalue weighted by Gasteiger charge is -2.25. The van der Waals surface area contributed by atoms with Crippen LogP contribution >= 0.6 is 0 Å². The third-order valence-electron chi connectivity index (χ3n) is 3.94. The lowest BCUT2D eigenvalue weighted by Crippen LogP contribution is -2.44. The fraction of sp³-hybridized carbons (Fsp3) is 0.438. The minimum absolute atomic E-state index is 0.182. The first-order valence-corrected chi connectivity index (χ1v) is 7.45. The number of rotatable bonds is 4. The van der Waals surface area contributed by atoms with Crippen molar-refractivity contribution in [1.29, 1.82) is 0 Å². The Hall–Kier alpha value is -2.37. The van der Waals surface area contributed by atoms with E-state index in [9.17, 15) is 4.79 Å². The Morgan fingerprint density at radius 2 is 2.09 bits per heavy atom. The molecule has 1 saturated carbocycles. The summed E-state index contributed by atoms with van der Waals surface area (Å²) < 4.78 is 10.5. The monoisotopic (exact) mass is 301 g/mol. The van der Waals surface area contributed by atoms with Crippen LogP contribution in [0.5, 0.6) is 0 Å². The third kappa shape index (κ3) is 2.95. The molecule has 22 heavy (non-hydrogen) atoms. The summed E-state index contributed by atoms with van der Waals surface area (Å²) in [6.07, 6.45) is 6.86. The molecule has 0 atom stereocenters. The van der Waals surface area contributed by atoms with E-state index in [2.05, 4.69) is 15.5 Å². The fourth-order valence-corrected chi connectivity index (χ4v) is 2.86. The second-order valence-electron chi connectivity index (χ2n) is 5.70. The molecule has 116 valence electrons. The second kappa shape index (κ2) is 5.79. The van der Waals surface area contributed by atoms with Gasteiger partial charge in [0.2, 0.25) is 11.8 Å². The SMILES string of the molecule is Cc1ccc(/C=C/C(=O)NC2(c3noc(C)n3)CCCC2)o1. The Labute approximate surface area is 128 Å². The van der Waals surface area contributed by atoms with Gasteiger partial charge in [0.1, 0.15) is 17.1 Å². The highest BCUT2D eigenvalue weighted by Gasteiger charge is 2.40. The molecular weight excluding hydrogens is 282 g/mol. The highest BCUT2D eigenvalue weighted by Crippen LogP contribution is 2.37. The first-order chi connectivity index (χ1) is 10.6. The van der Waals surface area contributed by atoms with E-state index in [-0.39, 0.29) is 5.91 Å². The van der Waals surface area contributed by atoms with Crippen molar-refractivity contribution in [2.75, 3.05) is 0 Å². The van der Waals surface area contributed by atoms with Crippen LogP contribution in [0.1, 0.15) is 48.9 Å². The number of aryl methyl sites for hydroxylation is 2. The zero-order valence-electron chi connectivity index (χ0n) is 12.8. The maximum atomic E-state index is 12.2. The molecule has 2 aromatic rings. The predicted octanol–water partition coefficient (Wildman–Crippen LogP) is 2.88. The molecule has 1 amide bonds. The average molecular weight is 301 g/mol. The number of carbonyl (C=O) groups is 1. The van der Waals surface area contributed by atoms with Gasteiger partial charge in [-0.25, -0.2) is 0 Å². The minimum Gasteiger partial charge on any atom is -0.462 e. The van der Waals surface area contributed by atoms with E-state index in [0.29, 0.717) is 17.5 Å². The van der Waals surface area contributed by atoms with E-state index in [1.165, 1.54) is 6.08 Å². The van der Waals surface area contributed by atoms with Crippen molar-refractivity contribution < 1.29 is 13.7 Å². The zero-order valence-corrected chi connectivity index (χ0v) is 12.8. The van der Waals surface area contributed by atoms with E-state index < -0.39 is 5.54 Å². The molecule has 1 aliphatic rings. The Balaban J connectivity index is 1.74. The largest absolute Gasteiger partial charge is 0.462 e. The van der Waals surface area contributed by atoms with Crippen LogP contribution in [-0.4, -0.2) is 16.0 Å². The van der Waals surface area contributed by atoms with Gasteiger partial charge in [-0.3, -0.25) is 4.79 Å². The van der Waals surface area contributed by atoms with Crippen molar-refractivity contribution >= 4 is 12.0 Å². The smallest absolute Gasteiger partial charge is 0.244 e. The summed E-state index contributed by atoms with van der Waals surface area (Å²) >= 11 is 0. The first kappa shape index (κ1) is 14.6. The maximum Gasteiger partial charge on any atom is 0.244 e. The molecule has 1 N–H and O–H groups in total. The van der Waals surface area contributed by atoms with Crippen LogP contribution in [0.3, 0.4) is 0 Å². The van der Waals surface area contributed by atoms with E-state index in [4.69, 9.17) is 8.94 Å². The molecule has 0 spiro atoms. The van der Waals surface area contributed by atoms with E-state index in [0.717, 1.165) is 31.4 Å². The minimum atomic E-state index is -0.516. The molecule has 0 radical (unpaired) electrons. The van der Waals surface area contributed by atoms with Crippen LogP contribution in [-0.2, 0) is 10.3 Å². The molecule has 6 nitrogen and oxygen atoms in total. The maximum absolute atomic E-state index is 12.2. The van der Waals surface area contributed by atoms with Crippen molar-refractivity contribution in [2.45, 2.75) is 45.1 Å². The van der Waals surface area contributed by atoms with Crippen molar-refractivity contribution in [3.05, 3.63) is 41.4 Å². The van der Waals surface area contributed by atoms with Crippen LogP contribution in [0.2, 0.25) is 0 Å². The van der Waals surface area contributed by atoms with Gasteiger partial charge in [0.25, 0.3) is 0 Å². The summed E-state index contributed by atoms with van der Waals surface area (Å²) in [7, 11) is 0. The summed E-state index contributed by atoms with van der Waals surface area (Å²) in [5, 5.41) is 7.05. The molecule has 2 aromatic heterocycles. The number of hydrogen-bond donors (Lipinski definition) is 1. The highest BCUT2D eigenvalue weighted by atomic mass is 16.5. The first-order valence-electron chi connectivity index (χ1n) is 7.45. The van der Waals surface area contributed by atoms with Crippen LogP contribution in [0.15, 0.2) is 27.1 Å². The van der Waals surface area contributed by atoms with E-state index in [1.54, 1.807) is 13.0 Å². The van der Waals surface area contributed by atoms with Gasteiger partial charge in [-0.05, 0) is 38.0 Å². The standard InChI is InChI=1S/C16H19N3O3/c1-11-5-6-13(21-11)7-8-14(20)18-16(9-3-4-10-16)15-17-12(2)22-19-15/h5-8H,3-4,9-10H2,1-2H3,(H,18,20)/b8-7+. The summed E-state index contributed by atoms with van der Waals surface area (Å²) in [5.41, 5.74) is -0.516. The second-order valence-corrected chi connectivity index (χ2v) is 5.70. The van der Waals surface area contributed by atoms with Crippen molar-refractivity contribution in [2.24, 2.45) is 0 Å². The fourth-order valence-electron chi connectivity index (χ4n) is 2.86. The summed E-state index contributed by atoms with van der Waals surface area (Å²) in [4.78, 5) is 16.5. The van der Waals surface area contributed by atoms with Crippen molar-refractivity contribution in [1.82, 2.24) is 15.5 Å². The lowest BCUT2D eigenvalue weighted by molar-refractivity contribution is -0.118. The summed E-state index contributed by atoms with van der Waals surface area (Å²) in [6.45, 7) is 3.61. The Morgan fingerprint density at radius 3 is 2.68 bits per heavy atom. The molecular formula is C16H19N3O3. The Kier molecular flexibility index (Phi) is 3.83. The summed E-state index contributed by atoms with van der Waals surface area (Å²) in [6, 6.07) is 3.69. The van der Waals surface area contributed by atoms with E-state index in [1.807, 2.05) is 19.1 Å². The number of nitrogens with one attached hydrogen (secondary N) is 1. The number of aromatic nitrogens is 2. The molecule has 0 unspecified atom stereocenters. The highest BCUT2D eigenvalue weighted by molar-refractivity contribution is 5.92. The van der Waals surface area contributed by atoms with E-state index >= 15 is 0 Å². The molecule has 1 aliphatic carbocycles. The summed E-state index contributed by atoms with van der Waals surface area (Å²) in [5.74, 6) is 2.37. The number of furan rings is 1. The molecule has 0 saturated heterocycles. The van der Waals surface area contributed by atoms with Gasteiger partial charge in [0, 0.05) is 13.0 Å². The van der Waals surface area contributed by atoms with Gasteiger partial charge in [-0.2, -0.15) is 4.98 Å². The molecule has 3 rings (SSSR count). The van der Waals surface area contributed by atoms with Crippen LogP contribution in [0.4, 0.5) is 0 Å². The topological polar surface area (TPSA) is 81.2 Å². The zero-order chi connectivity index (χ0) is 15.6. The van der Waals surface area contributed by atoms with Crippen LogP contribution in [0.25, 0.3) is 6.08 Å². The molecule has 0 bridgehead atoms. The Bertz CT molecular complexity index is 693. The number of carbonyl (C=O) groups excluding carboxylic acids is 1. The van der Waals surface area contributed by atoms with Gasteiger partial charge < -0.3 is 14.3 Å². The molecule has 0 aliphatic heterocycles. The van der Waals surface area contributed by atoms with Gasteiger partial charge in [-0.15, -0.1) is 0 Å². The van der Waals surface area contributed by atoms with Crippen molar-refractivity contribution in [3.63, 3.8) is 0 Å². The average Bonchev–Trinajstić information content (AvgIpc) is 3.19. The molecule has 2 heterocycles. The van der Waals surface area contributed by atoms with Crippen LogP contribution < -0.4 is 5.32 Å². The molecule has 0 aromatic carbocycles. The van der Waals surface area contributed by atoms with Crippen molar-refractivity contribution in [3.8, 4) is 0 Å². The molecule has 6 heteroatoms. The Morgan fingerprint density at radius 1 is 1.32 bits per heavy atom. The lowest BCUT2D eigenvalue weighted by atomic mass is 9.96. The molecule has 1 fully saturated rings.